The summed E-state index contributed by atoms with van der Waals surface area (Å²) in [6, 6.07) is 9.95. The number of carbonyl (C=O) groups is 1. The Morgan fingerprint density at radius 1 is 1.14 bits per heavy atom. The molecule has 1 aromatic carbocycles. The highest BCUT2D eigenvalue weighted by Gasteiger charge is 2.14. The lowest BCUT2D eigenvalue weighted by Gasteiger charge is -2.10. The van der Waals surface area contributed by atoms with Crippen molar-refractivity contribution in [2.24, 2.45) is 0 Å². The van der Waals surface area contributed by atoms with E-state index in [-0.39, 0.29) is 5.91 Å². The molecule has 0 unspecified atom stereocenters. The largest absolute Gasteiger partial charge is 0.312 e. The van der Waals surface area contributed by atoms with Crippen molar-refractivity contribution in [1.29, 1.82) is 0 Å². The van der Waals surface area contributed by atoms with Crippen molar-refractivity contribution < 1.29 is 4.79 Å². The van der Waals surface area contributed by atoms with Gasteiger partial charge in [0.15, 0.2) is 0 Å². The standard InChI is InChI=1S/C12H11NO/c1-13-11(7-8-12(13)14)9-10-5-3-2-4-6-10/h2-9H,1H3. The number of amides is 1. The highest BCUT2D eigenvalue weighted by molar-refractivity contribution is 5.94. The van der Waals surface area contributed by atoms with Gasteiger partial charge in [-0.15, -0.1) is 0 Å². The number of allylic oxidation sites excluding steroid dienone is 1. The number of benzene rings is 1. The minimum absolute atomic E-state index is 0.0344. The van der Waals surface area contributed by atoms with Crippen LogP contribution in [0.3, 0.4) is 0 Å². The monoisotopic (exact) mass is 185 g/mol. The van der Waals surface area contributed by atoms with Crippen LogP contribution in [0.5, 0.6) is 0 Å². The fourth-order valence-electron chi connectivity index (χ4n) is 1.37. The molecule has 2 rings (SSSR count). The number of rotatable bonds is 1. The van der Waals surface area contributed by atoms with Crippen LogP contribution in [0, 0.1) is 0 Å². The number of nitrogens with zero attached hydrogens (tertiary/aromatic N) is 1. The first-order valence-corrected chi connectivity index (χ1v) is 4.50. The molecule has 1 aliphatic heterocycles. The number of hydrogen-bond donors (Lipinski definition) is 0. The maximum Gasteiger partial charge on any atom is 0.250 e. The molecule has 1 heterocycles. The van der Waals surface area contributed by atoms with Crippen LogP contribution in [0.15, 0.2) is 48.2 Å². The average Bonchev–Trinajstić information content (AvgIpc) is 2.52. The topological polar surface area (TPSA) is 20.3 Å². The van der Waals surface area contributed by atoms with Crippen LogP contribution in [0.2, 0.25) is 0 Å². The van der Waals surface area contributed by atoms with Gasteiger partial charge in [0.25, 0.3) is 5.91 Å². The molecule has 0 bridgehead atoms. The van der Waals surface area contributed by atoms with E-state index in [0.29, 0.717) is 0 Å². The van der Waals surface area contributed by atoms with Crippen molar-refractivity contribution in [3.63, 3.8) is 0 Å². The minimum atomic E-state index is 0.0344. The van der Waals surface area contributed by atoms with Gasteiger partial charge in [-0.05, 0) is 17.7 Å². The smallest absolute Gasteiger partial charge is 0.250 e. The molecule has 0 N–H and O–H groups in total. The molecule has 2 heteroatoms. The normalized spacial score (nSPS) is 18.2. The number of carbonyl (C=O) groups excluding carboxylic acids is 1. The lowest BCUT2D eigenvalue weighted by atomic mass is 10.2. The molecule has 0 fully saturated rings. The molecule has 1 aromatic rings. The maximum absolute atomic E-state index is 11.2. The SMILES string of the molecule is CN1C(=O)C=CC1=Cc1ccccc1. The molecule has 2 nitrogen and oxygen atoms in total. The second kappa shape index (κ2) is 3.50. The van der Waals surface area contributed by atoms with Gasteiger partial charge in [-0.25, -0.2) is 0 Å². The molecule has 0 radical (unpaired) electrons. The Morgan fingerprint density at radius 3 is 2.43 bits per heavy atom. The van der Waals surface area contributed by atoms with E-state index in [0.717, 1.165) is 11.3 Å². The summed E-state index contributed by atoms with van der Waals surface area (Å²) in [5.41, 5.74) is 2.04. The van der Waals surface area contributed by atoms with Gasteiger partial charge < -0.3 is 4.90 Å². The van der Waals surface area contributed by atoms with Crippen LogP contribution in [-0.4, -0.2) is 17.9 Å². The third-order valence-corrected chi connectivity index (χ3v) is 2.23. The summed E-state index contributed by atoms with van der Waals surface area (Å²) in [6.45, 7) is 0. The molecule has 0 aromatic heterocycles. The van der Waals surface area contributed by atoms with Gasteiger partial charge in [-0.3, -0.25) is 4.79 Å². The Morgan fingerprint density at radius 2 is 1.86 bits per heavy atom. The number of likely N-dealkylation sites (N-methyl/N-ethyl adjacent to an activating group) is 1. The van der Waals surface area contributed by atoms with Crippen molar-refractivity contribution in [1.82, 2.24) is 4.90 Å². The first-order valence-electron chi connectivity index (χ1n) is 4.50. The van der Waals surface area contributed by atoms with Crippen LogP contribution in [0.25, 0.3) is 6.08 Å². The van der Waals surface area contributed by atoms with Crippen LogP contribution in [0.1, 0.15) is 5.56 Å². The zero-order chi connectivity index (χ0) is 9.97. The van der Waals surface area contributed by atoms with E-state index in [2.05, 4.69) is 0 Å². The Kier molecular flexibility index (Phi) is 2.19. The molecule has 0 atom stereocenters. The van der Waals surface area contributed by atoms with Crippen LogP contribution in [0.4, 0.5) is 0 Å². The highest BCUT2D eigenvalue weighted by Crippen LogP contribution is 2.16. The zero-order valence-corrected chi connectivity index (χ0v) is 7.97. The van der Waals surface area contributed by atoms with Gasteiger partial charge in [0.05, 0.1) is 0 Å². The summed E-state index contributed by atoms with van der Waals surface area (Å²) in [6.07, 6.45) is 5.39. The van der Waals surface area contributed by atoms with Crippen molar-refractivity contribution in [2.45, 2.75) is 0 Å². The zero-order valence-electron chi connectivity index (χ0n) is 7.97. The van der Waals surface area contributed by atoms with E-state index in [9.17, 15) is 4.79 Å². The van der Waals surface area contributed by atoms with Gasteiger partial charge in [0, 0.05) is 18.8 Å². The first kappa shape index (κ1) is 8.75. The first-order chi connectivity index (χ1) is 6.77. The summed E-state index contributed by atoms with van der Waals surface area (Å²) in [7, 11) is 1.77. The third-order valence-electron chi connectivity index (χ3n) is 2.23. The van der Waals surface area contributed by atoms with Crippen LogP contribution < -0.4 is 0 Å². The van der Waals surface area contributed by atoms with Gasteiger partial charge in [-0.2, -0.15) is 0 Å². The van der Waals surface area contributed by atoms with Gasteiger partial charge in [-0.1, -0.05) is 30.3 Å². The third kappa shape index (κ3) is 1.59. The van der Waals surface area contributed by atoms with Crippen LogP contribution in [-0.2, 0) is 4.79 Å². The van der Waals surface area contributed by atoms with E-state index in [4.69, 9.17) is 0 Å². The fourth-order valence-corrected chi connectivity index (χ4v) is 1.37. The Labute approximate surface area is 83.2 Å². The fraction of sp³-hybridized carbons (Fsp3) is 0.0833. The van der Waals surface area contributed by atoms with E-state index in [1.807, 2.05) is 42.5 Å². The van der Waals surface area contributed by atoms with Gasteiger partial charge in [0.2, 0.25) is 0 Å². The minimum Gasteiger partial charge on any atom is -0.312 e. The lowest BCUT2D eigenvalue weighted by Crippen LogP contribution is -2.17. The van der Waals surface area contributed by atoms with E-state index < -0.39 is 0 Å². The van der Waals surface area contributed by atoms with Gasteiger partial charge in [0.1, 0.15) is 0 Å². The highest BCUT2D eigenvalue weighted by atomic mass is 16.2. The summed E-state index contributed by atoms with van der Waals surface area (Å²) in [4.78, 5) is 12.8. The summed E-state index contributed by atoms with van der Waals surface area (Å²) >= 11 is 0. The van der Waals surface area contributed by atoms with E-state index in [1.165, 1.54) is 0 Å². The molecule has 1 amide bonds. The second-order valence-electron chi connectivity index (χ2n) is 3.21. The summed E-state index contributed by atoms with van der Waals surface area (Å²) < 4.78 is 0. The Hall–Kier alpha value is -1.83. The molecule has 14 heavy (non-hydrogen) atoms. The van der Waals surface area contributed by atoms with Crippen molar-refractivity contribution in [3.8, 4) is 0 Å². The Bertz CT molecular complexity index is 404. The van der Waals surface area contributed by atoms with Crippen molar-refractivity contribution in [3.05, 3.63) is 53.7 Å². The molecule has 0 spiro atoms. The van der Waals surface area contributed by atoms with Crippen molar-refractivity contribution in [2.75, 3.05) is 7.05 Å². The summed E-state index contributed by atoms with van der Waals surface area (Å²) in [5.74, 6) is 0.0344. The summed E-state index contributed by atoms with van der Waals surface area (Å²) in [5, 5.41) is 0. The lowest BCUT2D eigenvalue weighted by molar-refractivity contribution is -0.122. The molecule has 1 aliphatic rings. The quantitative estimate of drug-likeness (QED) is 0.655. The Balaban J connectivity index is 2.29. The van der Waals surface area contributed by atoms with Crippen LogP contribution >= 0.6 is 0 Å². The average molecular weight is 185 g/mol. The predicted octanol–water partition coefficient (Wildman–Crippen LogP) is 2.06. The predicted molar refractivity (Wildman–Crippen MR) is 56.3 cm³/mol. The van der Waals surface area contributed by atoms with Crippen molar-refractivity contribution >= 4 is 12.0 Å². The molecule has 0 saturated heterocycles. The molecule has 0 saturated carbocycles. The number of hydrogen-bond acceptors (Lipinski definition) is 1. The molecular formula is C12H11NO. The second-order valence-corrected chi connectivity index (χ2v) is 3.21. The molecular weight excluding hydrogens is 174 g/mol. The molecule has 70 valence electrons. The van der Waals surface area contributed by atoms with E-state index in [1.54, 1.807) is 18.0 Å². The molecule has 0 aliphatic carbocycles. The maximum atomic E-state index is 11.2. The van der Waals surface area contributed by atoms with E-state index >= 15 is 0 Å². The van der Waals surface area contributed by atoms with Gasteiger partial charge >= 0.3 is 0 Å².